The number of amides is 3. The van der Waals surface area contributed by atoms with E-state index in [9.17, 15) is 9.59 Å². The van der Waals surface area contributed by atoms with Crippen molar-refractivity contribution in [2.45, 2.75) is 25.3 Å². The van der Waals surface area contributed by atoms with Crippen LogP contribution in [0.1, 0.15) is 35.4 Å². The number of benzene rings is 2. The molecule has 0 bridgehead atoms. The lowest BCUT2D eigenvalue weighted by atomic mass is 9.85. The molecule has 1 saturated carbocycles. The van der Waals surface area contributed by atoms with Crippen molar-refractivity contribution in [1.82, 2.24) is 15.5 Å². The molecule has 5 nitrogen and oxygen atoms in total. The fourth-order valence-corrected chi connectivity index (χ4v) is 3.69. The Morgan fingerprint density at radius 1 is 0.926 bits per heavy atom. The minimum atomic E-state index is -0.0777. The molecule has 0 spiro atoms. The van der Waals surface area contributed by atoms with E-state index in [0.29, 0.717) is 26.2 Å². The zero-order valence-corrected chi connectivity index (χ0v) is 15.4. The molecular weight excluding hydrogens is 338 g/mol. The molecule has 0 unspecified atom stereocenters. The van der Waals surface area contributed by atoms with E-state index in [2.05, 4.69) is 41.0 Å². The minimum absolute atomic E-state index is 0.0777. The van der Waals surface area contributed by atoms with Crippen molar-refractivity contribution >= 4 is 11.9 Å². The Balaban J connectivity index is 1.39. The van der Waals surface area contributed by atoms with Crippen LogP contribution in [-0.4, -0.2) is 36.5 Å². The number of nitrogens with one attached hydrogen (secondary N) is 2. The van der Waals surface area contributed by atoms with Crippen molar-refractivity contribution in [3.05, 3.63) is 71.3 Å². The molecule has 2 N–H and O–H groups in total. The summed E-state index contributed by atoms with van der Waals surface area (Å²) in [6.45, 7) is 2.19. The lowest BCUT2D eigenvalue weighted by Crippen LogP contribution is -2.46. The van der Waals surface area contributed by atoms with Crippen LogP contribution < -0.4 is 10.6 Å². The summed E-state index contributed by atoms with van der Waals surface area (Å²) in [5.74, 6) is 0.489. The zero-order chi connectivity index (χ0) is 18.6. The van der Waals surface area contributed by atoms with Crippen LogP contribution in [0.15, 0.2) is 54.6 Å². The molecule has 1 heterocycles. The van der Waals surface area contributed by atoms with Gasteiger partial charge in [0, 0.05) is 38.0 Å². The van der Waals surface area contributed by atoms with Gasteiger partial charge in [-0.2, -0.15) is 0 Å². The van der Waals surface area contributed by atoms with Crippen molar-refractivity contribution in [2.75, 3.05) is 19.6 Å². The van der Waals surface area contributed by atoms with Crippen LogP contribution in [0.25, 0.3) is 0 Å². The topological polar surface area (TPSA) is 61.4 Å². The van der Waals surface area contributed by atoms with Gasteiger partial charge in [0.25, 0.3) is 0 Å². The number of urea groups is 1. The Morgan fingerprint density at radius 2 is 1.63 bits per heavy atom. The normalized spacial score (nSPS) is 18.5. The maximum absolute atomic E-state index is 12.7. The molecule has 1 atom stereocenters. The van der Waals surface area contributed by atoms with E-state index in [1.54, 1.807) is 0 Å². The lowest BCUT2D eigenvalue weighted by molar-refractivity contribution is -0.122. The van der Waals surface area contributed by atoms with Gasteiger partial charge in [0.05, 0.1) is 0 Å². The number of carbonyl (C=O) groups excluding carboxylic acids is 2. The van der Waals surface area contributed by atoms with Gasteiger partial charge >= 0.3 is 6.03 Å². The molecule has 1 aliphatic heterocycles. The lowest BCUT2D eigenvalue weighted by Gasteiger charge is -2.35. The summed E-state index contributed by atoms with van der Waals surface area (Å²) in [5, 5.41) is 5.82. The van der Waals surface area contributed by atoms with E-state index in [-0.39, 0.29) is 23.8 Å². The standard InChI is InChI=1S/C22H25N3O2/c26-21(17-10-11-17)23-12-13-24-22(27)25-14-18-8-4-5-9-19(18)20(15-25)16-6-2-1-3-7-16/h1-9,17,20H,10-15H2,(H,23,26)(H,24,27)/t20-/m1/s1. The van der Waals surface area contributed by atoms with Gasteiger partial charge < -0.3 is 15.5 Å². The molecule has 1 fully saturated rings. The fraction of sp³-hybridized carbons (Fsp3) is 0.364. The zero-order valence-electron chi connectivity index (χ0n) is 15.4. The summed E-state index contributed by atoms with van der Waals surface area (Å²) in [6, 6.07) is 18.6. The molecular formula is C22H25N3O2. The van der Waals surface area contributed by atoms with Gasteiger partial charge in [-0.05, 0) is 29.5 Å². The quantitative estimate of drug-likeness (QED) is 0.803. The van der Waals surface area contributed by atoms with Crippen LogP contribution in [0.2, 0.25) is 0 Å². The Morgan fingerprint density at radius 3 is 2.41 bits per heavy atom. The molecule has 3 amide bonds. The molecule has 140 valence electrons. The summed E-state index contributed by atoms with van der Waals surface area (Å²) >= 11 is 0. The smallest absolute Gasteiger partial charge is 0.317 e. The van der Waals surface area contributed by atoms with Gasteiger partial charge in [0.2, 0.25) is 5.91 Å². The largest absolute Gasteiger partial charge is 0.354 e. The molecule has 2 aromatic carbocycles. The van der Waals surface area contributed by atoms with Gasteiger partial charge in [0.15, 0.2) is 0 Å². The van der Waals surface area contributed by atoms with E-state index in [1.165, 1.54) is 16.7 Å². The molecule has 1 aliphatic carbocycles. The number of hydrogen-bond acceptors (Lipinski definition) is 2. The van der Waals surface area contributed by atoms with Crippen molar-refractivity contribution in [2.24, 2.45) is 5.92 Å². The van der Waals surface area contributed by atoms with Gasteiger partial charge in [-0.25, -0.2) is 4.79 Å². The van der Waals surface area contributed by atoms with Crippen LogP contribution in [-0.2, 0) is 11.3 Å². The van der Waals surface area contributed by atoms with Crippen LogP contribution in [0.5, 0.6) is 0 Å². The molecule has 4 rings (SSSR count). The van der Waals surface area contributed by atoms with Crippen molar-refractivity contribution in [3.8, 4) is 0 Å². The first-order chi connectivity index (χ1) is 13.2. The van der Waals surface area contributed by atoms with Crippen LogP contribution >= 0.6 is 0 Å². The maximum atomic E-state index is 12.7. The Labute approximate surface area is 159 Å². The van der Waals surface area contributed by atoms with Crippen LogP contribution in [0, 0.1) is 5.92 Å². The molecule has 0 saturated heterocycles. The molecule has 2 aromatic rings. The number of rotatable bonds is 5. The van der Waals surface area contributed by atoms with Crippen molar-refractivity contribution < 1.29 is 9.59 Å². The van der Waals surface area contributed by atoms with Gasteiger partial charge in [-0.15, -0.1) is 0 Å². The third kappa shape index (κ3) is 4.13. The monoisotopic (exact) mass is 363 g/mol. The first-order valence-electron chi connectivity index (χ1n) is 9.65. The Hall–Kier alpha value is -2.82. The van der Waals surface area contributed by atoms with Crippen LogP contribution in [0.4, 0.5) is 4.79 Å². The predicted molar refractivity (Wildman–Crippen MR) is 104 cm³/mol. The molecule has 2 aliphatic rings. The van der Waals surface area contributed by atoms with Crippen molar-refractivity contribution in [3.63, 3.8) is 0 Å². The third-order valence-electron chi connectivity index (χ3n) is 5.33. The molecule has 27 heavy (non-hydrogen) atoms. The predicted octanol–water partition coefficient (Wildman–Crippen LogP) is 2.87. The molecule has 0 radical (unpaired) electrons. The van der Waals surface area contributed by atoms with E-state index in [0.717, 1.165) is 12.8 Å². The summed E-state index contributed by atoms with van der Waals surface area (Å²) in [6.07, 6.45) is 1.98. The van der Waals surface area contributed by atoms with Gasteiger partial charge in [-0.1, -0.05) is 54.6 Å². The summed E-state index contributed by atoms with van der Waals surface area (Å²) in [4.78, 5) is 26.2. The number of fused-ring (bicyclic) bond motifs is 1. The van der Waals surface area contributed by atoms with Crippen LogP contribution in [0.3, 0.4) is 0 Å². The third-order valence-corrected chi connectivity index (χ3v) is 5.33. The van der Waals surface area contributed by atoms with E-state index < -0.39 is 0 Å². The van der Waals surface area contributed by atoms with Crippen molar-refractivity contribution in [1.29, 1.82) is 0 Å². The van der Waals surface area contributed by atoms with Gasteiger partial charge in [0.1, 0.15) is 0 Å². The van der Waals surface area contributed by atoms with E-state index >= 15 is 0 Å². The average molecular weight is 363 g/mol. The second-order valence-electron chi connectivity index (χ2n) is 7.34. The second kappa shape index (κ2) is 7.82. The molecule has 0 aromatic heterocycles. The first-order valence-corrected chi connectivity index (χ1v) is 9.65. The van der Waals surface area contributed by atoms with E-state index in [1.807, 2.05) is 29.2 Å². The number of carbonyl (C=O) groups is 2. The SMILES string of the molecule is O=C(NCCNC(=O)N1Cc2ccccc2[C@@H](c2ccccc2)C1)C1CC1. The van der Waals surface area contributed by atoms with Gasteiger partial charge in [-0.3, -0.25) is 4.79 Å². The highest BCUT2D eigenvalue weighted by Gasteiger charge is 2.30. The average Bonchev–Trinajstić information content (AvgIpc) is 3.56. The summed E-state index contributed by atoms with van der Waals surface area (Å²) < 4.78 is 0. The summed E-state index contributed by atoms with van der Waals surface area (Å²) in [5.41, 5.74) is 3.71. The maximum Gasteiger partial charge on any atom is 0.317 e. The Kier molecular flexibility index (Phi) is 5.10. The highest BCUT2D eigenvalue weighted by atomic mass is 16.2. The highest BCUT2D eigenvalue weighted by Crippen LogP contribution is 2.33. The second-order valence-corrected chi connectivity index (χ2v) is 7.34. The summed E-state index contributed by atoms with van der Waals surface area (Å²) in [7, 11) is 0. The minimum Gasteiger partial charge on any atom is -0.354 e. The van der Waals surface area contributed by atoms with E-state index in [4.69, 9.17) is 0 Å². The highest BCUT2D eigenvalue weighted by molar-refractivity contribution is 5.81. The fourth-order valence-electron chi connectivity index (χ4n) is 3.69. The number of hydrogen-bond donors (Lipinski definition) is 2. The number of nitrogens with zero attached hydrogens (tertiary/aromatic N) is 1. The molecule has 5 heteroatoms. The Bertz CT molecular complexity index is 817. The first kappa shape index (κ1) is 17.6.